The molecule has 1 aromatic carbocycles. The molecule has 0 heterocycles. The second-order valence-corrected chi connectivity index (χ2v) is 4.59. The van der Waals surface area contributed by atoms with Crippen LogP contribution in [0.3, 0.4) is 0 Å². The SMILES string of the molecule is CCOC(=O)C(CC(C)C)Nc1ccc(F)cc1. The number of nitrogens with one attached hydrogen (secondary N) is 1. The van der Waals surface area contributed by atoms with Crippen LogP contribution in [0.1, 0.15) is 27.2 Å². The molecular weight excluding hydrogens is 233 g/mol. The normalized spacial score (nSPS) is 12.3. The van der Waals surface area contributed by atoms with Gasteiger partial charge in [0, 0.05) is 5.69 Å². The largest absolute Gasteiger partial charge is 0.464 e. The van der Waals surface area contributed by atoms with Gasteiger partial charge >= 0.3 is 5.97 Å². The van der Waals surface area contributed by atoms with Gasteiger partial charge in [-0.15, -0.1) is 0 Å². The van der Waals surface area contributed by atoms with Gasteiger partial charge in [0.15, 0.2) is 0 Å². The van der Waals surface area contributed by atoms with Crippen molar-refractivity contribution in [1.29, 1.82) is 0 Å². The first-order valence-corrected chi connectivity index (χ1v) is 6.21. The predicted octanol–water partition coefficient (Wildman–Crippen LogP) is 3.22. The van der Waals surface area contributed by atoms with E-state index in [-0.39, 0.29) is 11.8 Å². The third-order valence-electron chi connectivity index (χ3n) is 2.46. The standard InChI is InChI=1S/C14H20FNO2/c1-4-18-14(17)13(9-10(2)3)16-12-7-5-11(15)6-8-12/h5-8,10,13,16H,4,9H2,1-3H3. The highest BCUT2D eigenvalue weighted by Crippen LogP contribution is 2.15. The van der Waals surface area contributed by atoms with Crippen molar-refractivity contribution in [2.75, 3.05) is 11.9 Å². The number of hydrogen-bond donors (Lipinski definition) is 1. The lowest BCUT2D eigenvalue weighted by atomic mass is 10.0. The Kier molecular flexibility index (Phi) is 5.62. The van der Waals surface area contributed by atoms with Gasteiger partial charge < -0.3 is 10.1 Å². The van der Waals surface area contributed by atoms with Crippen molar-refractivity contribution in [2.24, 2.45) is 5.92 Å². The molecule has 0 saturated heterocycles. The minimum Gasteiger partial charge on any atom is -0.464 e. The zero-order valence-electron chi connectivity index (χ0n) is 11.1. The summed E-state index contributed by atoms with van der Waals surface area (Å²) in [5.41, 5.74) is 0.718. The van der Waals surface area contributed by atoms with Crippen LogP contribution in [0.25, 0.3) is 0 Å². The highest BCUT2D eigenvalue weighted by atomic mass is 19.1. The average Bonchev–Trinajstić information content (AvgIpc) is 2.31. The monoisotopic (exact) mass is 253 g/mol. The first-order chi connectivity index (χ1) is 8.52. The van der Waals surface area contributed by atoms with Gasteiger partial charge in [0.05, 0.1) is 6.61 Å². The molecule has 0 radical (unpaired) electrons. The van der Waals surface area contributed by atoms with Crippen LogP contribution in [0.4, 0.5) is 10.1 Å². The van der Waals surface area contributed by atoms with Gasteiger partial charge in [-0.05, 0) is 43.5 Å². The minimum atomic E-state index is -0.393. The molecule has 0 spiro atoms. The van der Waals surface area contributed by atoms with E-state index in [0.717, 1.165) is 5.69 Å². The molecule has 1 N–H and O–H groups in total. The van der Waals surface area contributed by atoms with Gasteiger partial charge in [0.2, 0.25) is 0 Å². The van der Waals surface area contributed by atoms with E-state index in [4.69, 9.17) is 4.74 Å². The van der Waals surface area contributed by atoms with Gasteiger partial charge in [-0.1, -0.05) is 13.8 Å². The minimum absolute atomic E-state index is 0.268. The summed E-state index contributed by atoms with van der Waals surface area (Å²) in [6.07, 6.45) is 0.677. The fourth-order valence-corrected chi connectivity index (χ4v) is 1.68. The summed E-state index contributed by atoms with van der Waals surface area (Å²) >= 11 is 0. The molecule has 4 heteroatoms. The summed E-state index contributed by atoms with van der Waals surface area (Å²) in [5.74, 6) is -0.194. The topological polar surface area (TPSA) is 38.3 Å². The summed E-state index contributed by atoms with van der Waals surface area (Å²) in [6, 6.07) is 5.55. The number of hydrogen-bond acceptors (Lipinski definition) is 3. The van der Waals surface area contributed by atoms with E-state index in [1.165, 1.54) is 12.1 Å². The molecule has 100 valence electrons. The Balaban J connectivity index is 2.71. The predicted molar refractivity (Wildman–Crippen MR) is 69.9 cm³/mol. The second kappa shape index (κ2) is 6.99. The van der Waals surface area contributed by atoms with Gasteiger partial charge in [0.1, 0.15) is 11.9 Å². The number of halogens is 1. The molecule has 0 fully saturated rings. The van der Waals surface area contributed by atoms with E-state index in [1.807, 2.05) is 13.8 Å². The van der Waals surface area contributed by atoms with Crippen molar-refractivity contribution < 1.29 is 13.9 Å². The lowest BCUT2D eigenvalue weighted by Gasteiger charge is -2.20. The van der Waals surface area contributed by atoms with Crippen LogP contribution >= 0.6 is 0 Å². The molecule has 18 heavy (non-hydrogen) atoms. The fraction of sp³-hybridized carbons (Fsp3) is 0.500. The number of carbonyl (C=O) groups excluding carboxylic acids is 1. The van der Waals surface area contributed by atoms with Crippen molar-refractivity contribution in [1.82, 2.24) is 0 Å². The number of benzene rings is 1. The molecule has 0 amide bonds. The van der Waals surface area contributed by atoms with Crippen molar-refractivity contribution in [3.8, 4) is 0 Å². The molecule has 0 aliphatic carbocycles. The number of ether oxygens (including phenoxy) is 1. The van der Waals surface area contributed by atoms with Gasteiger partial charge in [-0.25, -0.2) is 9.18 Å². The van der Waals surface area contributed by atoms with E-state index in [1.54, 1.807) is 19.1 Å². The Morgan fingerprint density at radius 1 is 1.33 bits per heavy atom. The summed E-state index contributed by atoms with van der Waals surface area (Å²) in [6.45, 7) is 6.22. The Morgan fingerprint density at radius 2 is 1.94 bits per heavy atom. The summed E-state index contributed by atoms with van der Waals surface area (Å²) < 4.78 is 17.8. The average molecular weight is 253 g/mol. The van der Waals surface area contributed by atoms with Crippen LogP contribution in [0.5, 0.6) is 0 Å². The molecule has 0 bridgehead atoms. The van der Waals surface area contributed by atoms with Crippen LogP contribution in [0.15, 0.2) is 24.3 Å². The lowest BCUT2D eigenvalue weighted by Crippen LogP contribution is -2.32. The molecule has 1 aromatic rings. The van der Waals surface area contributed by atoms with E-state index in [2.05, 4.69) is 5.32 Å². The Labute approximate surface area is 107 Å². The fourth-order valence-electron chi connectivity index (χ4n) is 1.68. The molecule has 1 atom stereocenters. The molecule has 1 rings (SSSR count). The number of carbonyl (C=O) groups is 1. The molecular formula is C14H20FNO2. The zero-order valence-corrected chi connectivity index (χ0v) is 11.1. The smallest absolute Gasteiger partial charge is 0.328 e. The van der Waals surface area contributed by atoms with E-state index in [0.29, 0.717) is 18.9 Å². The van der Waals surface area contributed by atoms with E-state index < -0.39 is 6.04 Å². The highest BCUT2D eigenvalue weighted by Gasteiger charge is 2.20. The molecule has 0 saturated carbocycles. The van der Waals surface area contributed by atoms with Crippen LogP contribution in [-0.4, -0.2) is 18.6 Å². The maximum Gasteiger partial charge on any atom is 0.328 e. The number of rotatable bonds is 6. The molecule has 0 aromatic heterocycles. The summed E-state index contributed by atoms with van der Waals surface area (Å²) in [4.78, 5) is 11.8. The first-order valence-electron chi connectivity index (χ1n) is 6.21. The van der Waals surface area contributed by atoms with Crippen molar-refractivity contribution in [3.05, 3.63) is 30.1 Å². The van der Waals surface area contributed by atoms with Crippen molar-refractivity contribution in [3.63, 3.8) is 0 Å². The zero-order chi connectivity index (χ0) is 13.5. The molecule has 0 aliphatic rings. The first kappa shape index (κ1) is 14.5. The van der Waals surface area contributed by atoms with Crippen LogP contribution < -0.4 is 5.32 Å². The Bertz CT molecular complexity index is 376. The van der Waals surface area contributed by atoms with Gasteiger partial charge in [0.25, 0.3) is 0 Å². The maximum absolute atomic E-state index is 12.8. The number of anilines is 1. The summed E-state index contributed by atoms with van der Waals surface area (Å²) in [7, 11) is 0. The Morgan fingerprint density at radius 3 is 2.44 bits per heavy atom. The van der Waals surface area contributed by atoms with Gasteiger partial charge in [-0.3, -0.25) is 0 Å². The van der Waals surface area contributed by atoms with Crippen LogP contribution in [0, 0.1) is 11.7 Å². The quantitative estimate of drug-likeness (QED) is 0.791. The molecule has 0 aliphatic heterocycles. The second-order valence-electron chi connectivity index (χ2n) is 4.59. The third kappa shape index (κ3) is 4.73. The highest BCUT2D eigenvalue weighted by molar-refractivity contribution is 5.79. The van der Waals surface area contributed by atoms with Crippen LogP contribution in [-0.2, 0) is 9.53 Å². The molecule has 1 unspecified atom stereocenters. The van der Waals surface area contributed by atoms with Crippen molar-refractivity contribution in [2.45, 2.75) is 33.2 Å². The van der Waals surface area contributed by atoms with Crippen LogP contribution in [0.2, 0.25) is 0 Å². The lowest BCUT2D eigenvalue weighted by molar-refractivity contribution is -0.144. The summed E-state index contributed by atoms with van der Waals surface area (Å²) in [5, 5.41) is 3.08. The van der Waals surface area contributed by atoms with Crippen molar-refractivity contribution >= 4 is 11.7 Å². The number of esters is 1. The molecule has 3 nitrogen and oxygen atoms in total. The van der Waals surface area contributed by atoms with Gasteiger partial charge in [-0.2, -0.15) is 0 Å². The van der Waals surface area contributed by atoms with E-state index in [9.17, 15) is 9.18 Å². The third-order valence-corrected chi connectivity index (χ3v) is 2.46. The Hall–Kier alpha value is -1.58. The maximum atomic E-state index is 12.8. The van der Waals surface area contributed by atoms with E-state index >= 15 is 0 Å².